The van der Waals surface area contributed by atoms with Gasteiger partial charge < -0.3 is 17.0 Å². The maximum absolute atomic E-state index is 13.6. The maximum atomic E-state index is 13.6. The van der Waals surface area contributed by atoms with E-state index in [0.29, 0.717) is 9.58 Å². The number of aryl methyl sites for hydroxylation is 1. The summed E-state index contributed by atoms with van der Waals surface area (Å²) >= 11 is 0. The smallest absolute Gasteiger partial charge is 0.600 e. The van der Waals surface area contributed by atoms with Crippen LogP contribution in [0.25, 0.3) is 10.1 Å². The quantitative estimate of drug-likeness (QED) is 0.511. The average Bonchev–Trinajstić information content (AvgIpc) is 2.59. The molecule has 0 nitrogen and oxygen atoms in total. The predicted octanol–water partition coefficient (Wildman–Crippen LogP) is 3.82. The number of fused-ring (bicyclic) bond motifs is 1. The van der Waals surface area contributed by atoms with Gasteiger partial charge in [-0.1, -0.05) is 37.3 Å². The lowest BCUT2D eigenvalue weighted by atomic mass is 9.98. The molecule has 0 radical (unpaired) electrons. The fraction of sp³-hybridized carbons (Fsp3) is 0.529. The van der Waals surface area contributed by atoms with Crippen LogP contribution in [0.5, 0.6) is 0 Å². The minimum Gasteiger partial charge on any atom is -1.00 e. The first-order valence-electron chi connectivity index (χ1n) is 7.60. The van der Waals surface area contributed by atoms with Crippen molar-refractivity contribution < 1.29 is 30.2 Å². The summed E-state index contributed by atoms with van der Waals surface area (Å²) in [6.07, 6.45) is 6.28. The van der Waals surface area contributed by atoms with Crippen LogP contribution < -0.4 is 17.0 Å². The van der Waals surface area contributed by atoms with Crippen LogP contribution >= 0.6 is 10.5 Å². The fourth-order valence-corrected chi connectivity index (χ4v) is 5.55. The highest BCUT2D eigenvalue weighted by Crippen LogP contribution is 2.54. The van der Waals surface area contributed by atoms with Crippen LogP contribution in [0.1, 0.15) is 54.9 Å². The lowest BCUT2D eigenvalue weighted by Gasteiger charge is -2.10. The molecule has 1 saturated carbocycles. The van der Waals surface area contributed by atoms with Gasteiger partial charge in [0.15, 0.2) is 9.58 Å². The normalized spacial score (nSPS) is 18.1. The van der Waals surface area contributed by atoms with Gasteiger partial charge in [-0.3, -0.25) is 0 Å². The third kappa shape index (κ3) is 3.51. The minimum absolute atomic E-state index is 0. The second-order valence-corrected chi connectivity index (χ2v) is 8.01. The third-order valence-corrected chi connectivity index (χ3v) is 6.60. The molecule has 5 heteroatoms. The lowest BCUT2D eigenvalue weighted by Crippen LogP contribution is -3.00. The van der Waals surface area contributed by atoms with Crippen LogP contribution in [0.4, 0.5) is 13.2 Å². The van der Waals surface area contributed by atoms with Crippen LogP contribution in [-0.4, -0.2) is 0 Å². The predicted molar refractivity (Wildman–Crippen MR) is 82.9 cm³/mol. The van der Waals surface area contributed by atoms with E-state index < -0.39 is 16.0 Å². The Labute approximate surface area is 142 Å². The van der Waals surface area contributed by atoms with Gasteiger partial charge in [-0.15, -0.1) is 13.2 Å². The van der Waals surface area contributed by atoms with Crippen molar-refractivity contribution in [3.05, 3.63) is 34.7 Å². The molecular formula is C17H20BrF3S. The van der Waals surface area contributed by atoms with Crippen molar-refractivity contribution in [1.29, 1.82) is 0 Å². The van der Waals surface area contributed by atoms with Crippen LogP contribution in [-0.2, 0) is 5.51 Å². The van der Waals surface area contributed by atoms with E-state index in [2.05, 4.69) is 0 Å². The molecule has 2 aromatic rings. The van der Waals surface area contributed by atoms with Crippen molar-refractivity contribution in [3.8, 4) is 0 Å². The number of rotatable bonds is 1. The van der Waals surface area contributed by atoms with Gasteiger partial charge in [-0.05, 0) is 31.9 Å². The van der Waals surface area contributed by atoms with Crippen LogP contribution in [0.15, 0.2) is 24.3 Å². The van der Waals surface area contributed by atoms with Crippen LogP contribution in [0, 0.1) is 6.92 Å². The highest BCUT2D eigenvalue weighted by Gasteiger charge is 2.49. The number of hydrogen-bond acceptors (Lipinski definition) is 0. The number of alkyl halides is 3. The summed E-state index contributed by atoms with van der Waals surface area (Å²) in [5.74, 6) is 0.116. The van der Waals surface area contributed by atoms with Gasteiger partial charge in [0.2, 0.25) is 0 Å². The van der Waals surface area contributed by atoms with Gasteiger partial charge in [0.05, 0.1) is 10.5 Å². The number of thiophene rings is 1. The Bertz CT molecular complexity index is 637. The van der Waals surface area contributed by atoms with Gasteiger partial charge in [-0.2, -0.15) is 0 Å². The van der Waals surface area contributed by atoms with Crippen LogP contribution in [0.3, 0.4) is 0 Å². The van der Waals surface area contributed by atoms with Crippen molar-refractivity contribution in [2.24, 2.45) is 0 Å². The Kier molecular flexibility index (Phi) is 5.59. The molecule has 1 unspecified atom stereocenters. The molecule has 122 valence electrons. The number of halogens is 4. The van der Waals surface area contributed by atoms with Crippen molar-refractivity contribution >= 4 is 20.6 Å². The molecule has 0 saturated heterocycles. The molecule has 22 heavy (non-hydrogen) atoms. The lowest BCUT2D eigenvalue weighted by molar-refractivity contribution is -0.0868. The monoisotopic (exact) mass is 392 g/mol. The highest BCUT2D eigenvalue weighted by atomic mass is 79.9. The molecule has 1 aromatic carbocycles. The van der Waals surface area contributed by atoms with Crippen molar-refractivity contribution in [1.82, 2.24) is 0 Å². The molecule has 0 amide bonds. The Morgan fingerprint density at radius 3 is 2.23 bits per heavy atom. The largest absolute Gasteiger partial charge is 1.00 e. The van der Waals surface area contributed by atoms with Gasteiger partial charge in [-0.25, -0.2) is 0 Å². The van der Waals surface area contributed by atoms with E-state index in [1.807, 2.05) is 19.1 Å². The van der Waals surface area contributed by atoms with E-state index in [0.717, 1.165) is 49.5 Å². The van der Waals surface area contributed by atoms with Gasteiger partial charge in [0.1, 0.15) is 0 Å². The molecule has 3 rings (SSSR count). The zero-order valence-electron chi connectivity index (χ0n) is 12.5. The molecule has 1 aliphatic rings. The first-order valence-corrected chi connectivity index (χ1v) is 8.82. The first-order chi connectivity index (χ1) is 9.97. The van der Waals surface area contributed by atoms with E-state index >= 15 is 0 Å². The maximum Gasteiger partial charge on any atom is 0.600 e. The molecular weight excluding hydrogens is 373 g/mol. The molecule has 1 heterocycles. The summed E-state index contributed by atoms with van der Waals surface area (Å²) in [7, 11) is -1.71. The molecule has 1 fully saturated rings. The number of benzene rings is 1. The average molecular weight is 393 g/mol. The van der Waals surface area contributed by atoms with Crippen molar-refractivity contribution in [2.45, 2.75) is 56.9 Å². The Morgan fingerprint density at radius 2 is 1.64 bits per heavy atom. The summed E-state index contributed by atoms with van der Waals surface area (Å²) in [4.78, 5) is 0.644. The first kappa shape index (κ1) is 17.8. The van der Waals surface area contributed by atoms with E-state index in [1.54, 1.807) is 12.1 Å². The molecule has 0 aliphatic heterocycles. The standard InChI is InChI=1S/C17H20F3S.BrH/c1-12-8-9-15-14(10-12)11-16(21(15)17(18,19)20)13-6-4-2-3-5-7-13;/h8-11,13H,2-7H2,1H3;1H/q+1;/p-1. The zero-order chi connectivity index (χ0) is 15.0. The van der Waals surface area contributed by atoms with Crippen LogP contribution in [0.2, 0.25) is 0 Å². The summed E-state index contributed by atoms with van der Waals surface area (Å²) in [6, 6.07) is 7.22. The third-order valence-electron chi connectivity index (χ3n) is 4.41. The topological polar surface area (TPSA) is 0 Å². The molecule has 1 aromatic heterocycles. The summed E-state index contributed by atoms with van der Waals surface area (Å²) in [5.41, 5.74) is -3.13. The summed E-state index contributed by atoms with van der Waals surface area (Å²) in [5, 5.41) is 0.787. The molecule has 1 aliphatic carbocycles. The zero-order valence-corrected chi connectivity index (χ0v) is 15.0. The summed E-state index contributed by atoms with van der Waals surface area (Å²) < 4.78 is 41.3. The van der Waals surface area contributed by atoms with E-state index in [4.69, 9.17) is 0 Å². The Balaban J connectivity index is 0.00000176. The van der Waals surface area contributed by atoms with Crippen molar-refractivity contribution in [3.63, 3.8) is 0 Å². The summed E-state index contributed by atoms with van der Waals surface area (Å²) in [6.45, 7) is 1.93. The highest BCUT2D eigenvalue weighted by molar-refractivity contribution is 7.38. The van der Waals surface area contributed by atoms with E-state index in [-0.39, 0.29) is 22.9 Å². The number of hydrogen-bond donors (Lipinski definition) is 0. The second kappa shape index (κ2) is 6.91. The van der Waals surface area contributed by atoms with Gasteiger partial charge in [0, 0.05) is 17.4 Å². The fourth-order valence-electron chi connectivity index (χ4n) is 3.41. The second-order valence-electron chi connectivity index (χ2n) is 6.03. The Morgan fingerprint density at radius 1 is 1.00 bits per heavy atom. The van der Waals surface area contributed by atoms with Gasteiger partial charge >= 0.3 is 5.51 Å². The molecule has 0 N–H and O–H groups in total. The van der Waals surface area contributed by atoms with E-state index in [9.17, 15) is 13.2 Å². The van der Waals surface area contributed by atoms with Gasteiger partial charge in [0.25, 0.3) is 0 Å². The SMILES string of the molecule is Cc1ccc2c(c1)cc(C1CCCCCC1)[s+]2C(F)(F)F.[Br-]. The molecule has 0 spiro atoms. The Hall–Kier alpha value is -0.550. The minimum atomic E-state index is -4.15. The van der Waals surface area contributed by atoms with Crippen molar-refractivity contribution in [2.75, 3.05) is 0 Å². The molecule has 0 bridgehead atoms. The van der Waals surface area contributed by atoms with E-state index in [1.165, 1.54) is 0 Å². The molecule has 1 atom stereocenters.